The first-order valence-electron chi connectivity index (χ1n) is 5.18. The molecule has 18 heavy (non-hydrogen) atoms. The van der Waals surface area contributed by atoms with Gasteiger partial charge in [0.25, 0.3) is 0 Å². The van der Waals surface area contributed by atoms with Crippen molar-refractivity contribution in [2.24, 2.45) is 0 Å². The Kier molecular flexibility index (Phi) is 2.90. The number of hydrogen-bond acceptors (Lipinski definition) is 3. The smallest absolute Gasteiger partial charge is 0.126 e. The summed E-state index contributed by atoms with van der Waals surface area (Å²) >= 11 is 13.6. The Bertz CT molecular complexity index is 739. The second-order valence-corrected chi connectivity index (χ2v) is 5.67. The van der Waals surface area contributed by atoms with Crippen LogP contribution in [0.2, 0.25) is 10.0 Å². The van der Waals surface area contributed by atoms with E-state index in [2.05, 4.69) is 4.98 Å². The molecule has 5 heteroatoms. The first kappa shape index (κ1) is 11.8. The van der Waals surface area contributed by atoms with Crippen LogP contribution in [0.5, 0.6) is 5.75 Å². The van der Waals surface area contributed by atoms with E-state index in [9.17, 15) is 5.11 Å². The van der Waals surface area contributed by atoms with E-state index in [0.29, 0.717) is 10.0 Å². The van der Waals surface area contributed by atoms with Gasteiger partial charge in [-0.05, 0) is 36.4 Å². The molecular formula is C13H7Cl2NOS. The molecule has 0 aliphatic carbocycles. The Labute approximate surface area is 117 Å². The van der Waals surface area contributed by atoms with E-state index in [4.69, 9.17) is 23.2 Å². The molecule has 1 N–H and O–H groups in total. The summed E-state index contributed by atoms with van der Waals surface area (Å²) in [5.74, 6) is 0.173. The third-order valence-electron chi connectivity index (χ3n) is 2.53. The summed E-state index contributed by atoms with van der Waals surface area (Å²) in [6, 6.07) is 10.4. The number of aromatic hydroxyl groups is 1. The lowest BCUT2D eigenvalue weighted by Crippen LogP contribution is -1.78. The van der Waals surface area contributed by atoms with E-state index >= 15 is 0 Å². The summed E-state index contributed by atoms with van der Waals surface area (Å²) < 4.78 is 0.997. The molecule has 0 saturated heterocycles. The fourth-order valence-electron chi connectivity index (χ4n) is 1.69. The van der Waals surface area contributed by atoms with Crippen molar-refractivity contribution >= 4 is 44.8 Å². The molecule has 0 fully saturated rings. The number of hydrogen-bond donors (Lipinski definition) is 1. The SMILES string of the molecule is Oc1ccc(Cl)c(-c2nc3ccc(Cl)cc3s2)c1. The molecule has 2 aromatic carbocycles. The molecule has 0 atom stereocenters. The zero-order valence-corrected chi connectivity index (χ0v) is 11.4. The molecule has 0 amide bonds. The maximum Gasteiger partial charge on any atom is 0.126 e. The summed E-state index contributed by atoms with van der Waals surface area (Å²) in [5.41, 5.74) is 1.60. The minimum atomic E-state index is 0.173. The third kappa shape index (κ3) is 2.05. The van der Waals surface area contributed by atoms with Crippen LogP contribution in [0.25, 0.3) is 20.8 Å². The monoisotopic (exact) mass is 295 g/mol. The lowest BCUT2D eigenvalue weighted by Gasteiger charge is -2.00. The molecule has 3 rings (SSSR count). The van der Waals surface area contributed by atoms with Gasteiger partial charge in [0, 0.05) is 10.6 Å². The lowest BCUT2D eigenvalue weighted by atomic mass is 10.2. The average Bonchev–Trinajstić information content (AvgIpc) is 2.74. The molecule has 0 spiro atoms. The Morgan fingerprint density at radius 3 is 2.72 bits per heavy atom. The standard InChI is InChI=1S/C13H7Cl2NOS/c14-7-1-4-11-12(5-7)18-13(16-11)9-6-8(17)2-3-10(9)15/h1-6,17H. The quantitative estimate of drug-likeness (QED) is 0.687. The van der Waals surface area contributed by atoms with Gasteiger partial charge in [0.2, 0.25) is 0 Å². The molecule has 90 valence electrons. The molecule has 0 aliphatic rings. The summed E-state index contributed by atoms with van der Waals surface area (Å²) in [6.07, 6.45) is 0. The van der Waals surface area contributed by atoms with Gasteiger partial charge >= 0.3 is 0 Å². The normalized spacial score (nSPS) is 11.0. The average molecular weight is 296 g/mol. The number of rotatable bonds is 1. The van der Waals surface area contributed by atoms with Crippen molar-refractivity contribution in [3.63, 3.8) is 0 Å². The highest BCUT2D eigenvalue weighted by Gasteiger charge is 2.10. The van der Waals surface area contributed by atoms with Crippen molar-refractivity contribution in [2.45, 2.75) is 0 Å². The zero-order valence-electron chi connectivity index (χ0n) is 9.02. The second-order valence-electron chi connectivity index (χ2n) is 3.80. The fourth-order valence-corrected chi connectivity index (χ4v) is 3.23. The van der Waals surface area contributed by atoms with Crippen LogP contribution in [0.15, 0.2) is 36.4 Å². The molecule has 1 heterocycles. The number of phenols is 1. The van der Waals surface area contributed by atoms with Crippen molar-refractivity contribution in [1.29, 1.82) is 0 Å². The first-order valence-corrected chi connectivity index (χ1v) is 6.76. The van der Waals surface area contributed by atoms with Gasteiger partial charge in [-0.3, -0.25) is 0 Å². The van der Waals surface area contributed by atoms with Crippen LogP contribution in [0, 0.1) is 0 Å². The van der Waals surface area contributed by atoms with Gasteiger partial charge in [0.15, 0.2) is 0 Å². The highest BCUT2D eigenvalue weighted by molar-refractivity contribution is 7.21. The number of benzene rings is 2. The molecular weight excluding hydrogens is 289 g/mol. The zero-order chi connectivity index (χ0) is 12.7. The Morgan fingerprint density at radius 1 is 1.06 bits per heavy atom. The predicted octanol–water partition coefficient (Wildman–Crippen LogP) is 4.98. The summed E-state index contributed by atoms with van der Waals surface area (Å²) in [4.78, 5) is 4.49. The maximum atomic E-state index is 9.51. The highest BCUT2D eigenvalue weighted by Crippen LogP contribution is 2.36. The van der Waals surface area contributed by atoms with Crippen molar-refractivity contribution in [1.82, 2.24) is 4.98 Å². The number of nitrogens with zero attached hydrogens (tertiary/aromatic N) is 1. The summed E-state index contributed by atoms with van der Waals surface area (Å²) in [7, 11) is 0. The molecule has 0 bridgehead atoms. The minimum Gasteiger partial charge on any atom is -0.508 e. The molecule has 0 unspecified atom stereocenters. The summed E-state index contributed by atoms with van der Waals surface area (Å²) in [6.45, 7) is 0. The molecule has 0 radical (unpaired) electrons. The topological polar surface area (TPSA) is 33.1 Å². The van der Waals surface area contributed by atoms with Gasteiger partial charge in [0.05, 0.1) is 15.2 Å². The van der Waals surface area contributed by atoms with Gasteiger partial charge in [-0.1, -0.05) is 23.2 Å². The van der Waals surface area contributed by atoms with Crippen molar-refractivity contribution in [2.75, 3.05) is 0 Å². The van der Waals surface area contributed by atoms with E-state index in [-0.39, 0.29) is 5.75 Å². The number of fused-ring (bicyclic) bond motifs is 1. The van der Waals surface area contributed by atoms with Crippen LogP contribution in [-0.4, -0.2) is 10.1 Å². The number of aromatic nitrogens is 1. The largest absolute Gasteiger partial charge is 0.508 e. The van der Waals surface area contributed by atoms with Crippen LogP contribution >= 0.6 is 34.5 Å². The number of halogens is 2. The fraction of sp³-hybridized carbons (Fsp3) is 0. The second kappa shape index (κ2) is 4.43. The van der Waals surface area contributed by atoms with Crippen LogP contribution in [-0.2, 0) is 0 Å². The Balaban J connectivity index is 2.22. The minimum absolute atomic E-state index is 0.173. The van der Waals surface area contributed by atoms with Crippen LogP contribution in [0.1, 0.15) is 0 Å². The molecule has 3 aromatic rings. The Hall–Kier alpha value is -1.29. The maximum absolute atomic E-state index is 9.51. The van der Waals surface area contributed by atoms with Gasteiger partial charge in [-0.2, -0.15) is 0 Å². The van der Waals surface area contributed by atoms with Crippen molar-refractivity contribution in [3.8, 4) is 16.3 Å². The first-order chi connectivity index (χ1) is 8.63. The Morgan fingerprint density at radius 2 is 1.89 bits per heavy atom. The van der Waals surface area contributed by atoms with E-state index in [1.807, 2.05) is 12.1 Å². The van der Waals surface area contributed by atoms with Gasteiger partial charge < -0.3 is 5.11 Å². The molecule has 2 nitrogen and oxygen atoms in total. The lowest BCUT2D eigenvalue weighted by molar-refractivity contribution is 0.475. The predicted molar refractivity (Wildman–Crippen MR) is 76.7 cm³/mol. The van der Waals surface area contributed by atoms with Crippen LogP contribution < -0.4 is 0 Å². The number of thiazole rings is 1. The molecule has 1 aromatic heterocycles. The van der Waals surface area contributed by atoms with E-state index in [0.717, 1.165) is 20.8 Å². The molecule has 0 aliphatic heterocycles. The van der Waals surface area contributed by atoms with Gasteiger partial charge in [0.1, 0.15) is 10.8 Å². The van der Waals surface area contributed by atoms with E-state index in [1.54, 1.807) is 24.3 Å². The number of phenolic OH excluding ortho intramolecular Hbond substituents is 1. The van der Waals surface area contributed by atoms with Crippen molar-refractivity contribution < 1.29 is 5.11 Å². The van der Waals surface area contributed by atoms with Gasteiger partial charge in [-0.25, -0.2) is 4.98 Å². The van der Waals surface area contributed by atoms with Crippen LogP contribution in [0.4, 0.5) is 0 Å². The van der Waals surface area contributed by atoms with Gasteiger partial charge in [-0.15, -0.1) is 11.3 Å². The molecule has 0 saturated carbocycles. The van der Waals surface area contributed by atoms with E-state index in [1.165, 1.54) is 11.3 Å². The van der Waals surface area contributed by atoms with Crippen LogP contribution in [0.3, 0.4) is 0 Å². The van der Waals surface area contributed by atoms with E-state index < -0.39 is 0 Å². The third-order valence-corrected chi connectivity index (χ3v) is 4.15. The summed E-state index contributed by atoms with van der Waals surface area (Å²) in [5, 5.41) is 11.5. The van der Waals surface area contributed by atoms with Crippen molar-refractivity contribution in [3.05, 3.63) is 46.4 Å². The highest BCUT2D eigenvalue weighted by atomic mass is 35.5.